The third-order valence-electron chi connectivity index (χ3n) is 2.77. The quantitative estimate of drug-likeness (QED) is 0.604. The maximum absolute atomic E-state index is 10.5. The van der Waals surface area contributed by atoms with E-state index in [1.807, 2.05) is 6.07 Å². The SMILES string of the molecule is COc1cc(OC)c(OC)cc1CNCCOCC(N)=O. The fourth-order valence-corrected chi connectivity index (χ4v) is 1.77. The summed E-state index contributed by atoms with van der Waals surface area (Å²) in [5.41, 5.74) is 5.90. The molecule has 1 amide bonds. The van der Waals surface area contributed by atoms with Crippen LogP contribution in [0.3, 0.4) is 0 Å². The molecule has 7 heteroatoms. The van der Waals surface area contributed by atoms with Gasteiger partial charge in [-0.2, -0.15) is 0 Å². The summed E-state index contributed by atoms with van der Waals surface area (Å²) >= 11 is 0. The molecule has 0 saturated carbocycles. The molecule has 0 aliphatic carbocycles. The fourth-order valence-electron chi connectivity index (χ4n) is 1.77. The van der Waals surface area contributed by atoms with Crippen molar-refractivity contribution in [3.63, 3.8) is 0 Å². The minimum atomic E-state index is -0.475. The zero-order chi connectivity index (χ0) is 15.7. The topological polar surface area (TPSA) is 92.0 Å². The van der Waals surface area contributed by atoms with Crippen LogP contribution in [-0.2, 0) is 16.1 Å². The smallest absolute Gasteiger partial charge is 0.243 e. The zero-order valence-corrected chi connectivity index (χ0v) is 12.6. The molecule has 0 fully saturated rings. The van der Waals surface area contributed by atoms with E-state index in [4.69, 9.17) is 24.7 Å². The zero-order valence-electron chi connectivity index (χ0n) is 12.6. The first-order valence-corrected chi connectivity index (χ1v) is 6.48. The number of hydrogen-bond acceptors (Lipinski definition) is 6. The molecule has 0 spiro atoms. The molecule has 0 saturated heterocycles. The standard InChI is InChI=1S/C14H22N2O5/c1-18-11-7-13(20-3)12(19-2)6-10(11)8-16-4-5-21-9-14(15)17/h6-7,16H,4-5,8-9H2,1-3H3,(H2,15,17). The number of carbonyl (C=O) groups is 1. The van der Waals surface area contributed by atoms with Gasteiger partial charge in [0.05, 0.1) is 27.9 Å². The molecule has 0 unspecified atom stereocenters. The summed E-state index contributed by atoms with van der Waals surface area (Å²) in [4.78, 5) is 10.5. The molecule has 7 nitrogen and oxygen atoms in total. The van der Waals surface area contributed by atoms with Crippen LogP contribution in [0.4, 0.5) is 0 Å². The number of hydrogen-bond donors (Lipinski definition) is 2. The highest BCUT2D eigenvalue weighted by molar-refractivity contribution is 5.74. The molecule has 21 heavy (non-hydrogen) atoms. The number of amides is 1. The predicted octanol–water partition coefficient (Wildman–Crippen LogP) is 0.304. The lowest BCUT2D eigenvalue weighted by Gasteiger charge is -2.14. The first-order valence-electron chi connectivity index (χ1n) is 6.48. The second-order valence-corrected chi connectivity index (χ2v) is 4.21. The molecule has 0 atom stereocenters. The Morgan fingerprint density at radius 3 is 2.29 bits per heavy atom. The lowest BCUT2D eigenvalue weighted by atomic mass is 10.1. The highest BCUT2D eigenvalue weighted by Crippen LogP contribution is 2.34. The molecule has 1 rings (SSSR count). The molecular weight excluding hydrogens is 276 g/mol. The Hall–Kier alpha value is -1.99. The van der Waals surface area contributed by atoms with Gasteiger partial charge in [0.25, 0.3) is 0 Å². The Morgan fingerprint density at radius 2 is 1.71 bits per heavy atom. The van der Waals surface area contributed by atoms with Gasteiger partial charge in [-0.25, -0.2) is 0 Å². The van der Waals surface area contributed by atoms with Crippen molar-refractivity contribution >= 4 is 5.91 Å². The van der Waals surface area contributed by atoms with E-state index in [2.05, 4.69) is 5.32 Å². The molecule has 0 aliphatic rings. The largest absolute Gasteiger partial charge is 0.496 e. The van der Waals surface area contributed by atoms with Crippen LogP contribution in [0.1, 0.15) is 5.56 Å². The third kappa shape index (κ3) is 5.49. The maximum atomic E-state index is 10.5. The number of nitrogens with one attached hydrogen (secondary N) is 1. The highest BCUT2D eigenvalue weighted by Gasteiger charge is 2.11. The minimum absolute atomic E-state index is 0.0681. The number of rotatable bonds is 10. The van der Waals surface area contributed by atoms with E-state index >= 15 is 0 Å². The van der Waals surface area contributed by atoms with E-state index in [1.165, 1.54) is 0 Å². The second kappa shape index (κ2) is 9.04. The van der Waals surface area contributed by atoms with Gasteiger partial charge in [-0.05, 0) is 6.07 Å². The average molecular weight is 298 g/mol. The first kappa shape index (κ1) is 17.1. The van der Waals surface area contributed by atoms with Gasteiger partial charge in [0.1, 0.15) is 12.4 Å². The molecule has 0 aliphatic heterocycles. The molecule has 1 aromatic carbocycles. The van der Waals surface area contributed by atoms with Gasteiger partial charge < -0.3 is 30.0 Å². The van der Waals surface area contributed by atoms with E-state index in [0.717, 1.165) is 5.56 Å². The van der Waals surface area contributed by atoms with Crippen LogP contribution >= 0.6 is 0 Å². The summed E-state index contributed by atoms with van der Waals surface area (Å²) in [6, 6.07) is 3.63. The Balaban J connectivity index is 2.55. The number of carbonyl (C=O) groups excluding carboxylic acids is 1. The average Bonchev–Trinajstić information content (AvgIpc) is 2.49. The lowest BCUT2D eigenvalue weighted by molar-refractivity contribution is -0.122. The minimum Gasteiger partial charge on any atom is -0.496 e. The highest BCUT2D eigenvalue weighted by atomic mass is 16.5. The van der Waals surface area contributed by atoms with Crippen molar-refractivity contribution in [2.45, 2.75) is 6.54 Å². The van der Waals surface area contributed by atoms with Crippen LogP contribution < -0.4 is 25.3 Å². The number of primary amides is 1. The summed E-state index contributed by atoms with van der Waals surface area (Å²) in [6.45, 7) is 1.49. The summed E-state index contributed by atoms with van der Waals surface area (Å²) in [7, 11) is 4.76. The van der Waals surface area contributed by atoms with Crippen molar-refractivity contribution in [3.8, 4) is 17.2 Å². The van der Waals surface area contributed by atoms with E-state index in [1.54, 1.807) is 27.4 Å². The van der Waals surface area contributed by atoms with Gasteiger partial charge in [-0.15, -0.1) is 0 Å². The monoisotopic (exact) mass is 298 g/mol. The van der Waals surface area contributed by atoms with Crippen LogP contribution in [0.25, 0.3) is 0 Å². The van der Waals surface area contributed by atoms with Crippen LogP contribution in [0.5, 0.6) is 17.2 Å². The first-order chi connectivity index (χ1) is 10.1. The van der Waals surface area contributed by atoms with Crippen molar-refractivity contribution in [3.05, 3.63) is 17.7 Å². The normalized spacial score (nSPS) is 10.2. The molecule has 0 bridgehead atoms. The molecule has 0 heterocycles. The van der Waals surface area contributed by atoms with Crippen LogP contribution in [0.2, 0.25) is 0 Å². The van der Waals surface area contributed by atoms with Gasteiger partial charge >= 0.3 is 0 Å². The van der Waals surface area contributed by atoms with Crippen molar-refractivity contribution in [2.24, 2.45) is 5.73 Å². The molecule has 0 aromatic heterocycles. The summed E-state index contributed by atoms with van der Waals surface area (Å²) in [5.74, 6) is 1.48. The summed E-state index contributed by atoms with van der Waals surface area (Å²) in [6.07, 6.45) is 0. The number of ether oxygens (including phenoxy) is 4. The number of methoxy groups -OCH3 is 3. The van der Waals surface area contributed by atoms with Crippen LogP contribution in [0.15, 0.2) is 12.1 Å². The second-order valence-electron chi connectivity index (χ2n) is 4.21. The Bertz CT molecular complexity index is 465. The molecule has 1 aromatic rings. The van der Waals surface area contributed by atoms with Gasteiger partial charge in [-0.3, -0.25) is 4.79 Å². The van der Waals surface area contributed by atoms with Crippen molar-refractivity contribution < 1.29 is 23.7 Å². The van der Waals surface area contributed by atoms with Gasteiger partial charge in [0.15, 0.2) is 11.5 Å². The van der Waals surface area contributed by atoms with Gasteiger partial charge in [0, 0.05) is 24.7 Å². The molecular formula is C14H22N2O5. The van der Waals surface area contributed by atoms with E-state index < -0.39 is 5.91 Å². The number of nitrogens with two attached hydrogens (primary N) is 1. The van der Waals surface area contributed by atoms with E-state index in [0.29, 0.717) is 36.9 Å². The van der Waals surface area contributed by atoms with E-state index in [-0.39, 0.29) is 6.61 Å². The van der Waals surface area contributed by atoms with Gasteiger partial charge in [0.2, 0.25) is 5.91 Å². The maximum Gasteiger partial charge on any atom is 0.243 e. The Kier molecular flexibility index (Phi) is 7.34. The fraction of sp³-hybridized carbons (Fsp3) is 0.500. The summed E-state index contributed by atoms with van der Waals surface area (Å²) < 4.78 is 20.9. The lowest BCUT2D eigenvalue weighted by Crippen LogP contribution is -2.24. The van der Waals surface area contributed by atoms with Crippen molar-refractivity contribution in [1.29, 1.82) is 0 Å². The van der Waals surface area contributed by atoms with E-state index in [9.17, 15) is 4.79 Å². The van der Waals surface area contributed by atoms with Crippen LogP contribution in [-0.4, -0.2) is 47.0 Å². The summed E-state index contributed by atoms with van der Waals surface area (Å²) in [5, 5.41) is 3.19. The van der Waals surface area contributed by atoms with Crippen molar-refractivity contribution in [2.75, 3.05) is 41.1 Å². The molecule has 0 radical (unpaired) electrons. The predicted molar refractivity (Wildman–Crippen MR) is 77.8 cm³/mol. The molecule has 3 N–H and O–H groups in total. The third-order valence-corrected chi connectivity index (χ3v) is 2.77. The molecule has 118 valence electrons. The van der Waals surface area contributed by atoms with Crippen LogP contribution in [0, 0.1) is 0 Å². The Morgan fingerprint density at radius 1 is 1.10 bits per heavy atom. The van der Waals surface area contributed by atoms with Gasteiger partial charge in [-0.1, -0.05) is 0 Å². The number of benzene rings is 1. The Labute approximate surface area is 124 Å². The van der Waals surface area contributed by atoms with Crippen molar-refractivity contribution in [1.82, 2.24) is 5.32 Å².